The van der Waals surface area contributed by atoms with Gasteiger partial charge in [0.05, 0.1) is 23.9 Å². The van der Waals surface area contributed by atoms with E-state index in [1.807, 2.05) is 0 Å². The van der Waals surface area contributed by atoms with Gasteiger partial charge in [0.2, 0.25) is 0 Å². The molecular formula is C25H35F3N6OS. The molecule has 2 saturated heterocycles. The van der Waals surface area contributed by atoms with Gasteiger partial charge in [-0.3, -0.25) is 18.6 Å². The Kier molecular flexibility index (Phi) is 6.64. The van der Waals surface area contributed by atoms with Gasteiger partial charge < -0.3 is 0 Å². The van der Waals surface area contributed by atoms with Gasteiger partial charge in [0.1, 0.15) is 0 Å². The van der Waals surface area contributed by atoms with Crippen LogP contribution in [0, 0.1) is 23.7 Å². The molecule has 4 aliphatic rings. The van der Waals surface area contributed by atoms with Crippen molar-refractivity contribution in [2.75, 3.05) is 20.3 Å². The zero-order valence-electron chi connectivity index (χ0n) is 20.5. The molecule has 3 N–H and O–H groups in total. The molecule has 0 amide bonds. The van der Waals surface area contributed by atoms with Gasteiger partial charge >= 0.3 is 11.9 Å². The first kappa shape index (κ1) is 24.8. The highest BCUT2D eigenvalue weighted by molar-refractivity contribution is 7.98. The molecule has 6 atom stereocenters. The number of fused-ring (bicyclic) bond motifs is 1. The van der Waals surface area contributed by atoms with Crippen molar-refractivity contribution >= 4 is 17.5 Å². The lowest BCUT2D eigenvalue weighted by atomic mass is 9.62. The second-order valence-electron chi connectivity index (χ2n) is 11.2. The third kappa shape index (κ3) is 4.40. The Bertz CT molecular complexity index is 1140. The van der Waals surface area contributed by atoms with Gasteiger partial charge in [0.15, 0.2) is 0 Å². The van der Waals surface area contributed by atoms with E-state index in [4.69, 9.17) is 0 Å². The highest BCUT2D eigenvalue weighted by atomic mass is 32.2. The van der Waals surface area contributed by atoms with Gasteiger partial charge in [0, 0.05) is 30.2 Å². The summed E-state index contributed by atoms with van der Waals surface area (Å²) in [6, 6.07) is 2.27. The Morgan fingerprint density at radius 3 is 2.61 bits per heavy atom. The first-order valence-corrected chi connectivity index (χ1v) is 14.1. The number of nitrogens with zero attached hydrogens (tertiary/aromatic N) is 3. The molecule has 0 bridgehead atoms. The van der Waals surface area contributed by atoms with Crippen LogP contribution in [0.2, 0.25) is 0 Å². The number of nitrogens with one attached hydrogen (secondary N) is 3. The number of halogens is 3. The summed E-state index contributed by atoms with van der Waals surface area (Å²) in [6.45, 7) is 1.77. The summed E-state index contributed by atoms with van der Waals surface area (Å²) in [6.07, 6.45) is 6.23. The second kappa shape index (κ2) is 9.65. The van der Waals surface area contributed by atoms with Crippen molar-refractivity contribution in [1.82, 2.24) is 29.4 Å². The van der Waals surface area contributed by atoms with Gasteiger partial charge in [-0.2, -0.15) is 13.2 Å². The maximum Gasteiger partial charge on any atom is 0.418 e. The summed E-state index contributed by atoms with van der Waals surface area (Å²) >= 11 is 1.81. The first-order chi connectivity index (χ1) is 17.3. The van der Waals surface area contributed by atoms with E-state index in [9.17, 15) is 18.0 Å². The molecule has 36 heavy (non-hydrogen) atoms. The molecule has 11 heteroatoms. The molecule has 4 fully saturated rings. The van der Waals surface area contributed by atoms with E-state index < -0.39 is 11.7 Å². The Morgan fingerprint density at radius 1 is 1.14 bits per heavy atom. The van der Waals surface area contributed by atoms with E-state index in [1.165, 1.54) is 42.1 Å². The fourth-order valence-corrected chi connectivity index (χ4v) is 8.31. The Hall–Kier alpha value is -1.53. The number of imidazole rings is 1. The molecule has 7 nitrogen and oxygen atoms in total. The number of hydrogen-bond acceptors (Lipinski definition) is 6. The van der Waals surface area contributed by atoms with Crippen LogP contribution in [-0.4, -0.2) is 45.5 Å². The number of hydrogen-bond donors (Lipinski definition) is 3. The van der Waals surface area contributed by atoms with E-state index in [1.54, 1.807) is 16.5 Å². The Morgan fingerprint density at radius 2 is 1.97 bits per heavy atom. The van der Waals surface area contributed by atoms with Crippen LogP contribution < -0.4 is 21.3 Å². The zero-order valence-corrected chi connectivity index (χ0v) is 21.3. The van der Waals surface area contributed by atoms with Crippen LogP contribution in [0.4, 0.5) is 13.2 Å². The lowest BCUT2D eigenvalue weighted by molar-refractivity contribution is -0.136. The largest absolute Gasteiger partial charge is 0.418 e. The molecule has 2 aromatic rings. The van der Waals surface area contributed by atoms with Gasteiger partial charge in [-0.15, -0.1) is 0 Å². The minimum absolute atomic E-state index is 0.0532. The smallest absolute Gasteiger partial charge is 0.295 e. The van der Waals surface area contributed by atoms with Crippen LogP contribution in [0.1, 0.15) is 56.6 Å². The predicted octanol–water partition coefficient (Wildman–Crippen LogP) is 3.83. The summed E-state index contributed by atoms with van der Waals surface area (Å²) < 4.78 is 47.4. The maximum atomic E-state index is 13.7. The van der Waals surface area contributed by atoms with Crippen molar-refractivity contribution in [3.05, 3.63) is 40.6 Å². The van der Waals surface area contributed by atoms with Crippen LogP contribution in [0.25, 0.3) is 5.52 Å². The van der Waals surface area contributed by atoms with Gasteiger partial charge in [-0.25, -0.2) is 15.6 Å². The molecule has 198 valence electrons. The Balaban J connectivity index is 1.38. The standard InChI is InChI=1S/C25H35F3N6OS/c1-32-14-29-31-23(32)22(15-4-2-5-15)17-10-16(21-7-8-30-36-21)11-18(12-17)34-13-20-19(25(26,27)28)6-3-9-33(20)24(34)35/h3,6,9,13,15-18,21-23,29-31H,2,4-5,7-8,10-12,14H2,1H3/t16?,17?,18?,21?,22-,23?/m1/s1. The van der Waals surface area contributed by atoms with Crippen LogP contribution in [0.3, 0.4) is 0 Å². The predicted molar refractivity (Wildman–Crippen MR) is 134 cm³/mol. The Labute approximate surface area is 213 Å². The number of aromatic nitrogens is 2. The minimum atomic E-state index is -4.50. The molecular weight excluding hydrogens is 489 g/mol. The molecule has 2 aromatic heterocycles. The lowest BCUT2D eigenvalue weighted by Crippen LogP contribution is -2.51. The molecule has 4 heterocycles. The number of hydrazine groups is 1. The molecule has 5 unspecified atom stereocenters. The monoisotopic (exact) mass is 524 g/mol. The van der Waals surface area contributed by atoms with E-state index in [0.29, 0.717) is 28.9 Å². The highest BCUT2D eigenvalue weighted by Crippen LogP contribution is 2.50. The zero-order chi connectivity index (χ0) is 25.0. The number of pyridine rings is 1. The second-order valence-corrected chi connectivity index (χ2v) is 12.3. The molecule has 0 spiro atoms. The normalized spacial score (nSPS) is 33.3. The van der Waals surface area contributed by atoms with Crippen molar-refractivity contribution in [1.29, 1.82) is 0 Å². The fraction of sp³-hybridized carbons (Fsp3) is 0.720. The summed E-state index contributed by atoms with van der Waals surface area (Å²) in [5, 5.41) is 0.475. The van der Waals surface area contributed by atoms with Crippen molar-refractivity contribution in [2.45, 2.75) is 68.6 Å². The quantitative estimate of drug-likeness (QED) is 0.517. The van der Waals surface area contributed by atoms with E-state index in [-0.39, 0.29) is 23.4 Å². The summed E-state index contributed by atoms with van der Waals surface area (Å²) in [5.74, 6) is 1.91. The first-order valence-electron chi connectivity index (χ1n) is 13.2. The van der Waals surface area contributed by atoms with E-state index >= 15 is 0 Å². The molecule has 0 radical (unpaired) electrons. The molecule has 0 aromatic carbocycles. The van der Waals surface area contributed by atoms with Crippen LogP contribution in [-0.2, 0) is 6.18 Å². The van der Waals surface area contributed by atoms with Crippen LogP contribution in [0.5, 0.6) is 0 Å². The van der Waals surface area contributed by atoms with Gasteiger partial charge in [0.25, 0.3) is 0 Å². The molecule has 6 rings (SSSR count). The highest BCUT2D eigenvalue weighted by Gasteiger charge is 2.46. The third-order valence-corrected chi connectivity index (χ3v) is 10.4. The topological polar surface area (TPSA) is 65.7 Å². The summed E-state index contributed by atoms with van der Waals surface area (Å²) in [5.41, 5.74) is 5.63. The average Bonchev–Trinajstić information content (AvgIpc) is 3.56. The third-order valence-electron chi connectivity index (χ3n) is 9.12. The number of alkyl halides is 3. The van der Waals surface area contributed by atoms with Gasteiger partial charge in [-0.05, 0) is 68.5 Å². The fourth-order valence-electron chi connectivity index (χ4n) is 7.21. The van der Waals surface area contributed by atoms with Gasteiger partial charge in [-0.1, -0.05) is 31.2 Å². The van der Waals surface area contributed by atoms with E-state index in [2.05, 4.69) is 27.5 Å². The van der Waals surface area contributed by atoms with Crippen molar-refractivity contribution in [2.24, 2.45) is 23.7 Å². The molecule has 2 aliphatic heterocycles. The van der Waals surface area contributed by atoms with Crippen molar-refractivity contribution in [3.8, 4) is 0 Å². The maximum absolute atomic E-state index is 13.7. The molecule has 2 saturated carbocycles. The van der Waals surface area contributed by atoms with Crippen LogP contribution in [0.15, 0.2) is 29.3 Å². The average molecular weight is 525 g/mol. The minimum Gasteiger partial charge on any atom is -0.295 e. The summed E-state index contributed by atoms with van der Waals surface area (Å²) in [4.78, 5) is 15.8. The van der Waals surface area contributed by atoms with Crippen molar-refractivity contribution < 1.29 is 13.2 Å². The van der Waals surface area contributed by atoms with Crippen LogP contribution >= 0.6 is 11.9 Å². The SMILES string of the molecule is CN1CNNC1[C@H](C1CCC1)C1CC(C2CCNS2)CC(n2cc3c(C(F)(F)F)cccn3c2=O)C1. The van der Waals surface area contributed by atoms with Crippen molar-refractivity contribution in [3.63, 3.8) is 0 Å². The van der Waals surface area contributed by atoms with E-state index in [0.717, 1.165) is 45.0 Å². The lowest BCUT2D eigenvalue weighted by Gasteiger charge is -2.48. The summed E-state index contributed by atoms with van der Waals surface area (Å²) in [7, 11) is 2.14. The molecule has 2 aliphatic carbocycles. The number of rotatable bonds is 5.